The van der Waals surface area contributed by atoms with Crippen LogP contribution in [-0.4, -0.2) is 35.5 Å². The van der Waals surface area contributed by atoms with E-state index in [1.165, 1.54) is 31.4 Å². The van der Waals surface area contributed by atoms with Crippen LogP contribution in [-0.2, 0) is 4.79 Å². The molecule has 1 aliphatic carbocycles. The van der Waals surface area contributed by atoms with Gasteiger partial charge in [-0.3, -0.25) is 4.79 Å². The number of carbonyl (C=O) groups is 1. The molecule has 1 saturated carbocycles. The topological polar surface area (TPSA) is 41.1 Å². The molecule has 3 aliphatic rings. The van der Waals surface area contributed by atoms with Crippen LogP contribution in [0.2, 0.25) is 0 Å². The van der Waals surface area contributed by atoms with E-state index in [1.54, 1.807) is 0 Å². The lowest BCUT2D eigenvalue weighted by Crippen LogP contribution is -2.46. The van der Waals surface area contributed by atoms with Crippen LogP contribution >= 0.6 is 11.8 Å². The number of thioether (sulfide) groups is 1. The Hall–Kier alpha value is -0.220. The number of nitrogens with one attached hydrogen (secondary N) is 2. The second-order valence-corrected chi connectivity index (χ2v) is 6.82. The first kappa shape index (κ1) is 11.8. The van der Waals surface area contributed by atoms with E-state index in [4.69, 9.17) is 0 Å². The van der Waals surface area contributed by atoms with Gasteiger partial charge in [-0.05, 0) is 37.4 Å². The van der Waals surface area contributed by atoms with Crippen molar-refractivity contribution < 1.29 is 4.79 Å². The van der Waals surface area contributed by atoms with E-state index in [9.17, 15) is 4.79 Å². The zero-order chi connectivity index (χ0) is 11.7. The summed E-state index contributed by atoms with van der Waals surface area (Å²) in [5.74, 6) is 3.32. The Bertz CT molecular complexity index is 277. The summed E-state index contributed by atoms with van der Waals surface area (Å²) in [6.45, 7) is 0. The van der Waals surface area contributed by atoms with E-state index in [1.807, 2.05) is 11.8 Å². The number of rotatable bonds is 2. The molecule has 0 aromatic rings. The molecule has 3 fully saturated rings. The van der Waals surface area contributed by atoms with Gasteiger partial charge >= 0.3 is 0 Å². The summed E-state index contributed by atoms with van der Waals surface area (Å²) in [4.78, 5) is 12.2. The molecule has 0 bridgehead atoms. The van der Waals surface area contributed by atoms with Gasteiger partial charge in [-0.2, -0.15) is 11.8 Å². The van der Waals surface area contributed by atoms with Gasteiger partial charge in [0, 0.05) is 17.8 Å². The standard InChI is InChI=1S/C13H22N2OS/c16-13(14-10-5-6-17-8-10)12-7-9-3-1-2-4-11(9)15-12/h9-12,15H,1-8H2,(H,14,16). The van der Waals surface area contributed by atoms with Gasteiger partial charge < -0.3 is 10.6 Å². The molecule has 0 aromatic heterocycles. The van der Waals surface area contributed by atoms with Crippen molar-refractivity contribution in [1.29, 1.82) is 0 Å². The Morgan fingerprint density at radius 2 is 2.12 bits per heavy atom. The van der Waals surface area contributed by atoms with Gasteiger partial charge in [0.15, 0.2) is 0 Å². The van der Waals surface area contributed by atoms with Crippen molar-refractivity contribution in [3.05, 3.63) is 0 Å². The van der Waals surface area contributed by atoms with Gasteiger partial charge in [0.2, 0.25) is 5.91 Å². The molecule has 2 heterocycles. The highest BCUT2D eigenvalue weighted by Gasteiger charge is 2.38. The summed E-state index contributed by atoms with van der Waals surface area (Å²) < 4.78 is 0. The van der Waals surface area contributed by atoms with Crippen molar-refractivity contribution in [3.8, 4) is 0 Å². The lowest BCUT2D eigenvalue weighted by atomic mass is 9.85. The fourth-order valence-electron chi connectivity index (χ4n) is 3.47. The van der Waals surface area contributed by atoms with E-state index in [0.29, 0.717) is 12.1 Å². The highest BCUT2D eigenvalue weighted by atomic mass is 32.2. The highest BCUT2D eigenvalue weighted by molar-refractivity contribution is 7.99. The predicted octanol–water partition coefficient (Wildman–Crippen LogP) is 1.53. The molecule has 3 rings (SSSR count). The second kappa shape index (κ2) is 5.19. The summed E-state index contributed by atoms with van der Waals surface area (Å²) in [6, 6.07) is 1.14. The molecule has 0 radical (unpaired) electrons. The van der Waals surface area contributed by atoms with Crippen LogP contribution in [0.15, 0.2) is 0 Å². The maximum Gasteiger partial charge on any atom is 0.237 e. The third kappa shape index (κ3) is 2.63. The third-order valence-electron chi connectivity index (χ3n) is 4.46. The molecule has 0 aromatic carbocycles. The minimum Gasteiger partial charge on any atom is -0.351 e. The minimum atomic E-state index is 0.0914. The first-order chi connectivity index (χ1) is 8.33. The van der Waals surface area contributed by atoms with Crippen LogP contribution in [0.25, 0.3) is 0 Å². The van der Waals surface area contributed by atoms with Gasteiger partial charge in [-0.25, -0.2) is 0 Å². The summed E-state index contributed by atoms with van der Waals surface area (Å²) in [6.07, 6.45) is 7.50. The van der Waals surface area contributed by atoms with E-state index in [0.717, 1.165) is 24.5 Å². The SMILES string of the molecule is O=C(NC1CCSC1)C1CC2CCCCC2N1. The Balaban J connectivity index is 1.52. The summed E-state index contributed by atoms with van der Waals surface area (Å²) in [5, 5.41) is 6.76. The van der Waals surface area contributed by atoms with Gasteiger partial charge in [0.1, 0.15) is 0 Å². The van der Waals surface area contributed by atoms with Crippen LogP contribution in [0.4, 0.5) is 0 Å². The van der Waals surface area contributed by atoms with E-state index in [2.05, 4.69) is 10.6 Å². The van der Waals surface area contributed by atoms with Crippen molar-refractivity contribution in [3.63, 3.8) is 0 Å². The Morgan fingerprint density at radius 3 is 2.88 bits per heavy atom. The molecule has 17 heavy (non-hydrogen) atoms. The van der Waals surface area contributed by atoms with Gasteiger partial charge in [0.25, 0.3) is 0 Å². The van der Waals surface area contributed by atoms with Gasteiger partial charge in [0.05, 0.1) is 6.04 Å². The normalized spacial score (nSPS) is 41.2. The average molecular weight is 254 g/mol. The minimum absolute atomic E-state index is 0.0914. The predicted molar refractivity (Wildman–Crippen MR) is 71.2 cm³/mol. The molecule has 2 aliphatic heterocycles. The smallest absolute Gasteiger partial charge is 0.237 e. The fraction of sp³-hybridized carbons (Fsp3) is 0.923. The van der Waals surface area contributed by atoms with E-state index in [-0.39, 0.29) is 11.9 Å². The van der Waals surface area contributed by atoms with Gasteiger partial charge in [-0.1, -0.05) is 12.8 Å². The molecule has 4 atom stereocenters. The molecule has 96 valence electrons. The van der Waals surface area contributed by atoms with E-state index >= 15 is 0 Å². The summed E-state index contributed by atoms with van der Waals surface area (Å²) in [7, 11) is 0. The first-order valence-corrected chi connectivity index (χ1v) is 8.12. The zero-order valence-electron chi connectivity index (χ0n) is 10.3. The molecule has 0 spiro atoms. The number of hydrogen-bond donors (Lipinski definition) is 2. The van der Waals surface area contributed by atoms with Crippen molar-refractivity contribution >= 4 is 17.7 Å². The molecule has 1 amide bonds. The largest absolute Gasteiger partial charge is 0.351 e. The number of hydrogen-bond acceptors (Lipinski definition) is 3. The average Bonchev–Trinajstić information content (AvgIpc) is 2.96. The lowest BCUT2D eigenvalue weighted by Gasteiger charge is -2.24. The van der Waals surface area contributed by atoms with Gasteiger partial charge in [-0.15, -0.1) is 0 Å². The number of amides is 1. The van der Waals surface area contributed by atoms with Crippen LogP contribution in [0.1, 0.15) is 38.5 Å². The molecule has 2 N–H and O–H groups in total. The molecular formula is C13H22N2OS. The lowest BCUT2D eigenvalue weighted by molar-refractivity contribution is -0.123. The molecule has 3 nitrogen and oxygen atoms in total. The number of fused-ring (bicyclic) bond motifs is 1. The molecule has 4 heteroatoms. The van der Waals surface area contributed by atoms with Crippen molar-refractivity contribution in [2.75, 3.05) is 11.5 Å². The Labute approximate surface area is 107 Å². The zero-order valence-corrected chi connectivity index (χ0v) is 11.1. The summed E-state index contributed by atoms with van der Waals surface area (Å²) >= 11 is 1.95. The Kier molecular flexibility index (Phi) is 3.61. The monoisotopic (exact) mass is 254 g/mol. The van der Waals surface area contributed by atoms with E-state index < -0.39 is 0 Å². The van der Waals surface area contributed by atoms with Crippen LogP contribution in [0, 0.1) is 5.92 Å². The van der Waals surface area contributed by atoms with Crippen molar-refractivity contribution in [1.82, 2.24) is 10.6 Å². The molecule has 4 unspecified atom stereocenters. The maximum absolute atomic E-state index is 12.2. The molecule has 2 saturated heterocycles. The summed E-state index contributed by atoms with van der Waals surface area (Å²) in [5.41, 5.74) is 0. The second-order valence-electron chi connectivity index (χ2n) is 5.68. The Morgan fingerprint density at radius 1 is 1.24 bits per heavy atom. The first-order valence-electron chi connectivity index (χ1n) is 6.97. The quantitative estimate of drug-likeness (QED) is 0.785. The number of carbonyl (C=O) groups excluding carboxylic acids is 1. The fourth-order valence-corrected chi connectivity index (χ4v) is 4.62. The maximum atomic E-state index is 12.2. The third-order valence-corrected chi connectivity index (χ3v) is 5.62. The molecular weight excluding hydrogens is 232 g/mol. The highest BCUT2D eigenvalue weighted by Crippen LogP contribution is 2.33. The van der Waals surface area contributed by atoms with Crippen molar-refractivity contribution in [2.45, 2.75) is 56.7 Å². The van der Waals surface area contributed by atoms with Crippen molar-refractivity contribution in [2.24, 2.45) is 5.92 Å². The van der Waals surface area contributed by atoms with Crippen LogP contribution in [0.3, 0.4) is 0 Å². The van der Waals surface area contributed by atoms with Crippen LogP contribution in [0.5, 0.6) is 0 Å². The van der Waals surface area contributed by atoms with Crippen LogP contribution < -0.4 is 10.6 Å².